The van der Waals surface area contributed by atoms with Crippen molar-refractivity contribution >= 4 is 17.5 Å². The minimum absolute atomic E-state index is 0.103. The summed E-state index contributed by atoms with van der Waals surface area (Å²) < 4.78 is 1.57. The van der Waals surface area contributed by atoms with Crippen molar-refractivity contribution in [2.24, 2.45) is 0 Å². The Morgan fingerprint density at radius 2 is 2.05 bits per heavy atom. The molecular weight excluding hydrogens is 246 g/mol. The Hall–Kier alpha value is -2.05. The van der Waals surface area contributed by atoms with Crippen LogP contribution in [0, 0.1) is 0 Å². The van der Waals surface area contributed by atoms with E-state index in [0.29, 0.717) is 12.2 Å². The Labute approximate surface area is 112 Å². The average Bonchev–Trinajstić information content (AvgIpc) is 2.65. The highest BCUT2D eigenvalue weighted by molar-refractivity contribution is 5.98. The van der Waals surface area contributed by atoms with Gasteiger partial charge in [-0.15, -0.1) is 0 Å². The molecule has 19 heavy (non-hydrogen) atoms. The van der Waals surface area contributed by atoms with E-state index >= 15 is 0 Å². The summed E-state index contributed by atoms with van der Waals surface area (Å²) in [5.41, 5.74) is 5.80. The highest BCUT2D eigenvalue weighted by Gasteiger charge is 2.17. The maximum Gasteiger partial charge on any atom is 0.274 e. The first-order valence-corrected chi connectivity index (χ1v) is 6.15. The Morgan fingerprint density at radius 3 is 2.53 bits per heavy atom. The highest BCUT2D eigenvalue weighted by atomic mass is 16.2. The van der Waals surface area contributed by atoms with Crippen LogP contribution in [-0.2, 0) is 11.3 Å². The molecular formula is C12H21N5O2. The number of nitrogens with zero attached hydrogens (tertiary/aromatic N) is 2. The molecule has 106 valence electrons. The molecule has 0 spiro atoms. The zero-order valence-electron chi connectivity index (χ0n) is 11.8. The maximum atomic E-state index is 11.8. The van der Waals surface area contributed by atoms with Gasteiger partial charge in [-0.1, -0.05) is 0 Å². The van der Waals surface area contributed by atoms with Crippen molar-refractivity contribution in [3.05, 3.63) is 11.9 Å². The fraction of sp³-hybridized carbons (Fsp3) is 0.583. The van der Waals surface area contributed by atoms with Crippen LogP contribution in [0.4, 0.5) is 5.69 Å². The number of nitrogen functional groups attached to an aromatic ring is 1. The van der Waals surface area contributed by atoms with E-state index in [4.69, 9.17) is 5.73 Å². The molecule has 1 aromatic heterocycles. The minimum atomic E-state index is -0.450. The molecule has 1 rings (SSSR count). The van der Waals surface area contributed by atoms with Crippen LogP contribution in [0.3, 0.4) is 0 Å². The monoisotopic (exact) mass is 267 g/mol. The van der Waals surface area contributed by atoms with E-state index in [2.05, 4.69) is 15.7 Å². The van der Waals surface area contributed by atoms with Crippen LogP contribution in [0.25, 0.3) is 0 Å². The largest absolute Gasteiger partial charge is 0.396 e. The van der Waals surface area contributed by atoms with Gasteiger partial charge in [0.2, 0.25) is 5.91 Å². The van der Waals surface area contributed by atoms with Gasteiger partial charge in [-0.05, 0) is 27.7 Å². The predicted molar refractivity (Wildman–Crippen MR) is 72.5 cm³/mol. The number of aryl methyl sites for hydroxylation is 1. The lowest BCUT2D eigenvalue weighted by Crippen LogP contribution is -2.45. The number of nitrogens with two attached hydrogens (primary N) is 1. The summed E-state index contributed by atoms with van der Waals surface area (Å²) in [7, 11) is 0. The van der Waals surface area contributed by atoms with Crippen LogP contribution in [0.5, 0.6) is 0 Å². The van der Waals surface area contributed by atoms with Gasteiger partial charge < -0.3 is 16.4 Å². The minimum Gasteiger partial charge on any atom is -0.396 e. The van der Waals surface area contributed by atoms with E-state index in [1.54, 1.807) is 10.9 Å². The molecule has 1 aromatic rings. The number of aromatic nitrogens is 2. The van der Waals surface area contributed by atoms with E-state index in [0.717, 1.165) is 0 Å². The Balaban J connectivity index is 2.56. The molecule has 1 heterocycles. The van der Waals surface area contributed by atoms with Crippen molar-refractivity contribution in [1.82, 2.24) is 20.4 Å². The van der Waals surface area contributed by atoms with Gasteiger partial charge in [-0.3, -0.25) is 14.3 Å². The zero-order valence-corrected chi connectivity index (χ0v) is 11.8. The molecule has 0 aliphatic heterocycles. The Kier molecular flexibility index (Phi) is 4.52. The first-order chi connectivity index (χ1) is 8.73. The number of rotatable bonds is 4. The molecule has 0 radical (unpaired) electrons. The molecule has 0 aromatic carbocycles. The van der Waals surface area contributed by atoms with E-state index in [1.807, 2.05) is 27.7 Å². The quantitative estimate of drug-likeness (QED) is 0.721. The van der Waals surface area contributed by atoms with E-state index in [1.165, 1.54) is 0 Å². The molecule has 0 atom stereocenters. The van der Waals surface area contributed by atoms with Crippen molar-refractivity contribution < 1.29 is 9.59 Å². The van der Waals surface area contributed by atoms with Gasteiger partial charge in [0.05, 0.1) is 12.2 Å². The number of hydrogen-bond acceptors (Lipinski definition) is 4. The molecule has 4 N–H and O–H groups in total. The second kappa shape index (κ2) is 5.73. The molecule has 2 amide bonds. The standard InChI is InChI=1S/C12H21N5O2/c1-5-17-7-8(13)10(16-17)11(19)14-6-9(18)15-12(2,3)4/h7H,5-6,13H2,1-4H3,(H,14,19)(H,15,18). The van der Waals surface area contributed by atoms with Crippen LogP contribution in [0.2, 0.25) is 0 Å². The third kappa shape index (κ3) is 4.61. The molecule has 0 aliphatic carbocycles. The topological polar surface area (TPSA) is 102 Å². The smallest absolute Gasteiger partial charge is 0.274 e. The molecule has 7 heteroatoms. The maximum absolute atomic E-state index is 11.8. The van der Waals surface area contributed by atoms with Crippen molar-refractivity contribution in [2.75, 3.05) is 12.3 Å². The summed E-state index contributed by atoms with van der Waals surface area (Å²) in [6.45, 7) is 8.02. The second-order valence-corrected chi connectivity index (χ2v) is 5.27. The fourth-order valence-corrected chi connectivity index (χ4v) is 1.48. The number of anilines is 1. The van der Waals surface area contributed by atoms with E-state index in [-0.39, 0.29) is 23.7 Å². The molecule has 0 fully saturated rings. The number of carbonyl (C=O) groups excluding carboxylic acids is 2. The Morgan fingerprint density at radius 1 is 1.42 bits per heavy atom. The molecule has 0 saturated heterocycles. The number of amides is 2. The molecule has 0 aliphatic rings. The third-order valence-corrected chi connectivity index (χ3v) is 2.25. The normalized spacial score (nSPS) is 11.2. The molecule has 0 bridgehead atoms. The van der Waals surface area contributed by atoms with Gasteiger partial charge in [0.1, 0.15) is 0 Å². The first-order valence-electron chi connectivity index (χ1n) is 6.15. The number of nitrogens with one attached hydrogen (secondary N) is 2. The third-order valence-electron chi connectivity index (χ3n) is 2.25. The first kappa shape index (κ1) is 15.0. The van der Waals surface area contributed by atoms with Crippen LogP contribution in [0.15, 0.2) is 6.20 Å². The van der Waals surface area contributed by atoms with Gasteiger partial charge in [-0.25, -0.2) is 0 Å². The molecule has 0 unspecified atom stereocenters. The lowest BCUT2D eigenvalue weighted by molar-refractivity contribution is -0.121. The number of hydrogen-bond donors (Lipinski definition) is 3. The van der Waals surface area contributed by atoms with Crippen molar-refractivity contribution in [3.8, 4) is 0 Å². The zero-order chi connectivity index (χ0) is 14.6. The summed E-state index contributed by atoms with van der Waals surface area (Å²) in [5.74, 6) is -0.705. The Bertz CT molecular complexity index is 473. The summed E-state index contributed by atoms with van der Waals surface area (Å²) in [5, 5.41) is 9.27. The summed E-state index contributed by atoms with van der Waals surface area (Å²) >= 11 is 0. The summed E-state index contributed by atoms with van der Waals surface area (Å²) in [6.07, 6.45) is 1.59. The lowest BCUT2D eigenvalue weighted by atomic mass is 10.1. The molecule has 7 nitrogen and oxygen atoms in total. The predicted octanol–water partition coefficient (Wildman–Crippen LogP) is 0.130. The fourth-order valence-electron chi connectivity index (χ4n) is 1.48. The van der Waals surface area contributed by atoms with Crippen molar-refractivity contribution in [1.29, 1.82) is 0 Å². The van der Waals surface area contributed by atoms with Gasteiger partial charge in [0.15, 0.2) is 5.69 Å². The van der Waals surface area contributed by atoms with Crippen LogP contribution in [0.1, 0.15) is 38.2 Å². The lowest BCUT2D eigenvalue weighted by Gasteiger charge is -2.20. The molecule has 0 saturated carbocycles. The van der Waals surface area contributed by atoms with Gasteiger partial charge >= 0.3 is 0 Å². The second-order valence-electron chi connectivity index (χ2n) is 5.27. The van der Waals surface area contributed by atoms with Gasteiger partial charge in [-0.2, -0.15) is 5.10 Å². The van der Waals surface area contributed by atoms with Crippen molar-refractivity contribution in [2.45, 2.75) is 39.8 Å². The van der Waals surface area contributed by atoms with Crippen LogP contribution < -0.4 is 16.4 Å². The van der Waals surface area contributed by atoms with Gasteiger partial charge in [0, 0.05) is 18.3 Å². The van der Waals surface area contributed by atoms with Crippen LogP contribution >= 0.6 is 0 Å². The number of carbonyl (C=O) groups is 2. The van der Waals surface area contributed by atoms with Gasteiger partial charge in [0.25, 0.3) is 5.91 Å². The summed E-state index contributed by atoms with van der Waals surface area (Å²) in [4.78, 5) is 23.4. The van der Waals surface area contributed by atoms with Crippen LogP contribution in [-0.4, -0.2) is 33.7 Å². The van der Waals surface area contributed by atoms with E-state index in [9.17, 15) is 9.59 Å². The van der Waals surface area contributed by atoms with E-state index < -0.39 is 5.91 Å². The van der Waals surface area contributed by atoms with Crippen molar-refractivity contribution in [3.63, 3.8) is 0 Å². The average molecular weight is 267 g/mol. The highest BCUT2D eigenvalue weighted by Crippen LogP contribution is 2.08. The summed E-state index contributed by atoms with van der Waals surface area (Å²) in [6, 6.07) is 0. The SMILES string of the molecule is CCn1cc(N)c(C(=O)NCC(=O)NC(C)(C)C)n1.